The SMILES string of the molecule is Cn1nnc(CC(=O)c2cc3ccccc3s2)n1. The third-order valence-corrected chi connectivity index (χ3v) is 3.73. The number of fused-ring (bicyclic) bond motifs is 1. The van der Waals surface area contributed by atoms with E-state index in [1.54, 1.807) is 7.05 Å². The van der Waals surface area contributed by atoms with Gasteiger partial charge in [0.15, 0.2) is 11.6 Å². The summed E-state index contributed by atoms with van der Waals surface area (Å²) in [6.45, 7) is 0. The molecule has 0 radical (unpaired) electrons. The van der Waals surface area contributed by atoms with Gasteiger partial charge in [-0.3, -0.25) is 4.79 Å². The molecule has 0 aliphatic carbocycles. The molecule has 0 aliphatic heterocycles. The summed E-state index contributed by atoms with van der Waals surface area (Å²) >= 11 is 1.50. The zero-order valence-corrected chi connectivity index (χ0v) is 10.5. The molecule has 2 aromatic heterocycles. The molecule has 90 valence electrons. The number of benzene rings is 1. The molecule has 0 spiro atoms. The molecule has 0 saturated carbocycles. The van der Waals surface area contributed by atoms with Crippen molar-refractivity contribution in [1.82, 2.24) is 20.2 Å². The van der Waals surface area contributed by atoms with Crippen LogP contribution in [0.5, 0.6) is 0 Å². The molecule has 0 aliphatic rings. The molecule has 0 fully saturated rings. The summed E-state index contributed by atoms with van der Waals surface area (Å²) in [4.78, 5) is 14.2. The van der Waals surface area contributed by atoms with E-state index in [4.69, 9.17) is 0 Å². The molecule has 0 amide bonds. The predicted octanol–water partition coefficient (Wildman–Crippen LogP) is 1.85. The number of thiophene rings is 1. The van der Waals surface area contributed by atoms with Gasteiger partial charge in [-0.25, -0.2) is 0 Å². The number of rotatable bonds is 3. The molecule has 0 saturated heterocycles. The van der Waals surface area contributed by atoms with Crippen LogP contribution in [0.2, 0.25) is 0 Å². The second kappa shape index (κ2) is 4.30. The summed E-state index contributed by atoms with van der Waals surface area (Å²) < 4.78 is 1.12. The van der Waals surface area contributed by atoms with Crippen molar-refractivity contribution in [3.8, 4) is 0 Å². The number of ketones is 1. The van der Waals surface area contributed by atoms with Crippen molar-refractivity contribution >= 4 is 27.2 Å². The highest BCUT2D eigenvalue weighted by Crippen LogP contribution is 2.25. The molecule has 6 heteroatoms. The Labute approximate surface area is 107 Å². The Morgan fingerprint density at radius 2 is 2.22 bits per heavy atom. The summed E-state index contributed by atoms with van der Waals surface area (Å²) in [5, 5.41) is 12.6. The molecule has 0 N–H and O–H groups in total. The van der Waals surface area contributed by atoms with E-state index in [0.717, 1.165) is 15.0 Å². The van der Waals surface area contributed by atoms with Crippen molar-refractivity contribution in [3.05, 3.63) is 41.0 Å². The molecule has 3 aromatic rings. The van der Waals surface area contributed by atoms with Crippen LogP contribution in [0, 0.1) is 0 Å². The average molecular weight is 258 g/mol. The topological polar surface area (TPSA) is 60.7 Å². The first-order valence-corrected chi connectivity index (χ1v) is 6.29. The Bertz CT molecular complexity index is 683. The second-order valence-corrected chi connectivity index (χ2v) is 5.03. The standard InChI is InChI=1S/C12H10N4OS/c1-16-14-12(13-15-16)7-9(17)11-6-8-4-2-3-5-10(8)18-11/h2-6H,7H2,1H3. The Morgan fingerprint density at radius 1 is 1.39 bits per heavy atom. The molecule has 5 nitrogen and oxygen atoms in total. The molecule has 0 unspecified atom stereocenters. The summed E-state index contributed by atoms with van der Waals surface area (Å²) in [6, 6.07) is 9.87. The first kappa shape index (κ1) is 11.0. The van der Waals surface area contributed by atoms with Gasteiger partial charge in [-0.1, -0.05) is 18.2 Å². The lowest BCUT2D eigenvalue weighted by atomic mass is 10.2. The monoisotopic (exact) mass is 258 g/mol. The number of hydrogen-bond acceptors (Lipinski definition) is 5. The van der Waals surface area contributed by atoms with Gasteiger partial charge in [-0.2, -0.15) is 4.80 Å². The van der Waals surface area contributed by atoms with Crippen LogP contribution >= 0.6 is 11.3 Å². The fourth-order valence-corrected chi connectivity index (χ4v) is 2.74. The van der Waals surface area contributed by atoms with Crippen LogP contribution in [-0.2, 0) is 13.5 Å². The number of hydrogen-bond donors (Lipinski definition) is 0. The van der Waals surface area contributed by atoms with Crippen molar-refractivity contribution in [2.75, 3.05) is 0 Å². The molecule has 3 rings (SSSR count). The summed E-state index contributed by atoms with van der Waals surface area (Å²) in [7, 11) is 1.68. The Morgan fingerprint density at radius 3 is 2.94 bits per heavy atom. The van der Waals surface area contributed by atoms with Crippen LogP contribution in [0.1, 0.15) is 15.5 Å². The highest BCUT2D eigenvalue weighted by atomic mass is 32.1. The maximum absolute atomic E-state index is 12.1. The van der Waals surface area contributed by atoms with Gasteiger partial charge < -0.3 is 0 Å². The van der Waals surface area contributed by atoms with Crippen LogP contribution in [0.4, 0.5) is 0 Å². The molecular weight excluding hydrogens is 248 g/mol. The minimum atomic E-state index is 0.0317. The Balaban J connectivity index is 1.87. The quantitative estimate of drug-likeness (QED) is 0.673. The van der Waals surface area contributed by atoms with E-state index in [-0.39, 0.29) is 12.2 Å². The second-order valence-electron chi connectivity index (χ2n) is 3.94. The van der Waals surface area contributed by atoms with E-state index >= 15 is 0 Å². The number of aryl methyl sites for hydroxylation is 1. The molecule has 0 bridgehead atoms. The van der Waals surface area contributed by atoms with Gasteiger partial charge in [0.1, 0.15) is 0 Å². The van der Waals surface area contributed by atoms with Crippen LogP contribution in [-0.4, -0.2) is 26.0 Å². The number of nitrogens with zero attached hydrogens (tertiary/aromatic N) is 4. The fraction of sp³-hybridized carbons (Fsp3) is 0.167. The molecule has 1 aromatic carbocycles. The molecule has 2 heterocycles. The lowest BCUT2D eigenvalue weighted by Gasteiger charge is -1.91. The predicted molar refractivity (Wildman–Crippen MR) is 68.7 cm³/mol. The van der Waals surface area contributed by atoms with Gasteiger partial charge in [-0.05, 0) is 22.7 Å². The molecule has 0 atom stereocenters. The van der Waals surface area contributed by atoms with Crippen molar-refractivity contribution in [1.29, 1.82) is 0 Å². The van der Waals surface area contributed by atoms with Gasteiger partial charge >= 0.3 is 0 Å². The Hall–Kier alpha value is -2.08. The number of Topliss-reactive ketones (excluding diaryl/α,β-unsaturated/α-hetero) is 1. The van der Waals surface area contributed by atoms with E-state index in [1.807, 2.05) is 30.3 Å². The van der Waals surface area contributed by atoms with E-state index in [0.29, 0.717) is 5.82 Å². The van der Waals surface area contributed by atoms with Gasteiger partial charge in [0.25, 0.3) is 0 Å². The third-order valence-electron chi connectivity index (χ3n) is 2.57. The normalized spacial score (nSPS) is 10.9. The van der Waals surface area contributed by atoms with Crippen molar-refractivity contribution in [2.45, 2.75) is 6.42 Å². The maximum atomic E-state index is 12.1. The number of tetrazole rings is 1. The van der Waals surface area contributed by atoms with Crippen LogP contribution in [0.3, 0.4) is 0 Å². The van der Waals surface area contributed by atoms with E-state index < -0.39 is 0 Å². The minimum Gasteiger partial charge on any atom is -0.293 e. The maximum Gasteiger partial charge on any atom is 0.182 e. The van der Waals surface area contributed by atoms with Gasteiger partial charge in [-0.15, -0.1) is 21.5 Å². The first-order chi connectivity index (χ1) is 8.72. The highest BCUT2D eigenvalue weighted by Gasteiger charge is 2.13. The summed E-state index contributed by atoms with van der Waals surface area (Å²) in [5.41, 5.74) is 0. The van der Waals surface area contributed by atoms with Crippen molar-refractivity contribution in [2.24, 2.45) is 7.05 Å². The minimum absolute atomic E-state index is 0.0317. The van der Waals surface area contributed by atoms with Gasteiger partial charge in [0, 0.05) is 4.70 Å². The van der Waals surface area contributed by atoms with Gasteiger partial charge in [0.05, 0.1) is 18.3 Å². The largest absolute Gasteiger partial charge is 0.293 e. The van der Waals surface area contributed by atoms with E-state index in [2.05, 4.69) is 15.4 Å². The molecular formula is C12H10N4OS. The summed E-state index contributed by atoms with van der Waals surface area (Å²) in [5.74, 6) is 0.490. The van der Waals surface area contributed by atoms with Crippen LogP contribution < -0.4 is 0 Å². The highest BCUT2D eigenvalue weighted by molar-refractivity contribution is 7.20. The number of aromatic nitrogens is 4. The Kier molecular flexibility index (Phi) is 2.64. The molecule has 18 heavy (non-hydrogen) atoms. The van der Waals surface area contributed by atoms with Crippen molar-refractivity contribution in [3.63, 3.8) is 0 Å². The first-order valence-electron chi connectivity index (χ1n) is 5.47. The number of carbonyl (C=O) groups is 1. The van der Waals surface area contributed by atoms with Crippen LogP contribution in [0.15, 0.2) is 30.3 Å². The smallest absolute Gasteiger partial charge is 0.182 e. The lowest BCUT2D eigenvalue weighted by Crippen LogP contribution is -2.03. The number of carbonyl (C=O) groups excluding carboxylic acids is 1. The average Bonchev–Trinajstić information content (AvgIpc) is 2.95. The van der Waals surface area contributed by atoms with E-state index in [1.165, 1.54) is 16.1 Å². The zero-order valence-electron chi connectivity index (χ0n) is 9.70. The zero-order chi connectivity index (χ0) is 12.5. The summed E-state index contributed by atoms with van der Waals surface area (Å²) in [6.07, 6.45) is 0.195. The third kappa shape index (κ3) is 2.02. The van der Waals surface area contributed by atoms with E-state index in [9.17, 15) is 4.79 Å². The fourth-order valence-electron chi connectivity index (χ4n) is 1.74. The van der Waals surface area contributed by atoms with Crippen LogP contribution in [0.25, 0.3) is 10.1 Å². The van der Waals surface area contributed by atoms with Gasteiger partial charge in [0.2, 0.25) is 0 Å². The lowest BCUT2D eigenvalue weighted by molar-refractivity contribution is 0.0994. The van der Waals surface area contributed by atoms with Crippen molar-refractivity contribution < 1.29 is 4.79 Å².